The van der Waals surface area contributed by atoms with Crippen molar-refractivity contribution in [2.24, 2.45) is 22.9 Å². The van der Waals surface area contributed by atoms with Crippen molar-refractivity contribution in [1.82, 2.24) is 15.2 Å². The summed E-state index contributed by atoms with van der Waals surface area (Å²) in [4.78, 5) is 45.8. The highest BCUT2D eigenvalue weighted by atomic mass is 16.2. The number of nitrogens with one attached hydrogen (secondary N) is 1. The Morgan fingerprint density at radius 2 is 1.59 bits per heavy atom. The first kappa shape index (κ1) is 29.7. The molecule has 0 radical (unpaired) electrons. The van der Waals surface area contributed by atoms with E-state index in [1.54, 1.807) is 11.0 Å². The number of hydrogen-bond donors (Lipinski definition) is 5. The van der Waals surface area contributed by atoms with Gasteiger partial charge < -0.3 is 33.2 Å². The van der Waals surface area contributed by atoms with Gasteiger partial charge in [0.15, 0.2) is 0 Å². The van der Waals surface area contributed by atoms with E-state index in [2.05, 4.69) is 10.3 Å². The predicted octanol–water partition coefficient (Wildman–Crippen LogP) is 0.908. The summed E-state index contributed by atoms with van der Waals surface area (Å²) in [5.74, 6) is -1.68. The molecule has 0 aliphatic rings. The third-order valence-electron chi connectivity index (χ3n) is 6.77. The molecule has 0 aliphatic heterocycles. The average molecular weight is 534 g/mol. The zero-order valence-electron chi connectivity index (χ0n) is 22.2. The molecular formula is C29H39N7O3. The molecule has 10 nitrogen and oxygen atoms in total. The normalized spacial score (nSPS) is 13.4. The molecule has 0 saturated carbocycles. The molecule has 0 fully saturated rings. The fourth-order valence-corrected chi connectivity index (χ4v) is 4.43. The zero-order chi connectivity index (χ0) is 28.3. The molecule has 9 N–H and O–H groups in total. The van der Waals surface area contributed by atoms with Gasteiger partial charge in [0, 0.05) is 30.2 Å². The second kappa shape index (κ2) is 14.3. The molecule has 3 amide bonds. The molecule has 3 rings (SSSR count). The number of nitrogens with zero attached hydrogens (tertiary/aromatic N) is 2. The Hall–Kier alpha value is -3.86. The summed E-state index contributed by atoms with van der Waals surface area (Å²) in [5.41, 5.74) is 24.1. The van der Waals surface area contributed by atoms with Crippen molar-refractivity contribution in [3.63, 3.8) is 0 Å². The van der Waals surface area contributed by atoms with Gasteiger partial charge in [-0.15, -0.1) is 0 Å². The molecule has 0 unspecified atom stereocenters. The quantitative estimate of drug-likeness (QED) is 0.192. The van der Waals surface area contributed by atoms with Crippen molar-refractivity contribution in [2.75, 3.05) is 26.2 Å². The number of aromatic nitrogens is 1. The molecule has 0 saturated heterocycles. The Kier molecular flexibility index (Phi) is 10.9. The van der Waals surface area contributed by atoms with Crippen LogP contribution in [0.15, 0.2) is 66.9 Å². The number of fused-ring (bicyclic) bond motifs is 1. The van der Waals surface area contributed by atoms with Gasteiger partial charge in [0.05, 0.1) is 11.9 Å². The molecule has 0 bridgehead atoms. The van der Waals surface area contributed by atoms with Crippen LogP contribution >= 0.6 is 0 Å². The van der Waals surface area contributed by atoms with Gasteiger partial charge in [-0.1, -0.05) is 48.5 Å². The van der Waals surface area contributed by atoms with E-state index in [4.69, 9.17) is 22.9 Å². The first-order valence-corrected chi connectivity index (χ1v) is 13.2. The Balaban J connectivity index is 1.92. The summed E-state index contributed by atoms with van der Waals surface area (Å²) in [6, 6.07) is 17.8. The first-order chi connectivity index (χ1) is 18.8. The highest BCUT2D eigenvalue weighted by Crippen LogP contribution is 2.27. The zero-order valence-corrected chi connectivity index (χ0v) is 22.2. The molecular weight excluding hydrogens is 494 g/mol. The summed E-state index contributed by atoms with van der Waals surface area (Å²) in [6.45, 7) is 1.67. The standard InChI is InChI=1S/C29H39N7O3/c30-14-6-16-36(17-7-15-31)26(37)19-29(33,23-18-22-10-4-5-11-24(22)34-20-23)28(39)35-25(27(32)38)13-12-21-8-2-1-3-9-21/h1-5,8-11,18,20,25H,6-7,12-17,19,30-31,33H2,(H2,32,38)(H,35,39)/t25-,29-/m0/s1. The van der Waals surface area contributed by atoms with Crippen LogP contribution < -0.4 is 28.3 Å². The Bertz CT molecular complexity index is 1250. The predicted molar refractivity (Wildman–Crippen MR) is 152 cm³/mol. The van der Waals surface area contributed by atoms with Crippen LogP contribution in [0.4, 0.5) is 0 Å². The average Bonchev–Trinajstić information content (AvgIpc) is 2.95. The highest BCUT2D eigenvalue weighted by Gasteiger charge is 2.41. The second-order valence-electron chi connectivity index (χ2n) is 9.68. The van der Waals surface area contributed by atoms with Crippen molar-refractivity contribution in [1.29, 1.82) is 0 Å². The number of hydrogen-bond acceptors (Lipinski definition) is 7. The summed E-state index contributed by atoms with van der Waals surface area (Å²) in [7, 11) is 0. The smallest absolute Gasteiger partial charge is 0.245 e. The third kappa shape index (κ3) is 8.06. The number of nitrogens with two attached hydrogens (primary N) is 4. The fraction of sp³-hybridized carbons (Fsp3) is 0.379. The van der Waals surface area contributed by atoms with E-state index in [0.717, 1.165) is 16.5 Å². The second-order valence-corrected chi connectivity index (χ2v) is 9.68. The van der Waals surface area contributed by atoms with Crippen LogP contribution in [-0.2, 0) is 26.3 Å². The van der Waals surface area contributed by atoms with Gasteiger partial charge in [0.25, 0.3) is 0 Å². The number of carbonyl (C=O) groups excluding carboxylic acids is 3. The highest BCUT2D eigenvalue weighted by molar-refractivity contribution is 5.96. The maximum absolute atomic E-state index is 13.8. The SMILES string of the molecule is NCCCN(CCCN)C(=O)C[C@@](N)(C(=O)N[C@@H](CCc1ccccc1)C(N)=O)c1cnc2ccccc2c1. The minimum Gasteiger partial charge on any atom is -0.368 e. The van der Waals surface area contributed by atoms with Crippen molar-refractivity contribution in [3.05, 3.63) is 78.0 Å². The summed E-state index contributed by atoms with van der Waals surface area (Å²) < 4.78 is 0. The van der Waals surface area contributed by atoms with Gasteiger partial charge in [0.2, 0.25) is 17.7 Å². The lowest BCUT2D eigenvalue weighted by atomic mass is 9.85. The molecule has 3 aromatic rings. The van der Waals surface area contributed by atoms with Crippen molar-refractivity contribution in [2.45, 2.75) is 43.7 Å². The van der Waals surface area contributed by atoms with Crippen LogP contribution in [0.1, 0.15) is 36.8 Å². The van der Waals surface area contributed by atoms with Gasteiger partial charge in [0.1, 0.15) is 11.6 Å². The van der Waals surface area contributed by atoms with E-state index < -0.39 is 23.4 Å². The molecule has 0 spiro atoms. The number of amides is 3. The molecule has 2 atom stereocenters. The summed E-state index contributed by atoms with van der Waals surface area (Å²) in [6.07, 6.45) is 3.17. The maximum Gasteiger partial charge on any atom is 0.245 e. The van der Waals surface area contributed by atoms with E-state index in [1.165, 1.54) is 6.20 Å². The lowest BCUT2D eigenvalue weighted by molar-refractivity contribution is -0.138. The first-order valence-electron chi connectivity index (χ1n) is 13.2. The van der Waals surface area contributed by atoms with E-state index in [-0.39, 0.29) is 18.7 Å². The van der Waals surface area contributed by atoms with Crippen molar-refractivity contribution >= 4 is 28.6 Å². The molecule has 2 aromatic carbocycles. The van der Waals surface area contributed by atoms with Gasteiger partial charge >= 0.3 is 0 Å². The topological polar surface area (TPSA) is 183 Å². The lowest BCUT2D eigenvalue weighted by Gasteiger charge is -2.32. The van der Waals surface area contributed by atoms with Gasteiger partial charge in [-0.2, -0.15) is 0 Å². The van der Waals surface area contributed by atoms with Crippen LogP contribution in [0.5, 0.6) is 0 Å². The number of rotatable bonds is 15. The molecule has 0 aliphatic carbocycles. The van der Waals surface area contributed by atoms with Gasteiger partial charge in [-0.05, 0) is 56.5 Å². The molecule has 1 heterocycles. The summed E-state index contributed by atoms with van der Waals surface area (Å²) in [5, 5.41) is 3.49. The fourth-order valence-electron chi connectivity index (χ4n) is 4.43. The van der Waals surface area contributed by atoms with Crippen molar-refractivity contribution < 1.29 is 14.4 Å². The van der Waals surface area contributed by atoms with Crippen molar-refractivity contribution in [3.8, 4) is 0 Å². The number of para-hydroxylation sites is 1. The molecule has 39 heavy (non-hydrogen) atoms. The maximum atomic E-state index is 13.8. The number of benzene rings is 2. The third-order valence-corrected chi connectivity index (χ3v) is 6.77. The van der Waals surface area contributed by atoms with Gasteiger partial charge in [-0.3, -0.25) is 19.4 Å². The Morgan fingerprint density at radius 1 is 0.949 bits per heavy atom. The van der Waals surface area contributed by atoms with Crippen LogP contribution in [0.2, 0.25) is 0 Å². The van der Waals surface area contributed by atoms with Gasteiger partial charge in [-0.25, -0.2) is 0 Å². The van der Waals surface area contributed by atoms with E-state index in [1.807, 2.05) is 54.6 Å². The van der Waals surface area contributed by atoms with Crippen LogP contribution in [0.3, 0.4) is 0 Å². The molecule has 10 heteroatoms. The molecule has 1 aromatic heterocycles. The minimum atomic E-state index is -1.81. The minimum absolute atomic E-state index is 0.282. The van der Waals surface area contributed by atoms with Crippen LogP contribution in [-0.4, -0.2) is 59.8 Å². The van der Waals surface area contributed by atoms with Crippen LogP contribution in [0.25, 0.3) is 10.9 Å². The largest absolute Gasteiger partial charge is 0.368 e. The Labute approximate surface area is 229 Å². The van der Waals surface area contributed by atoms with E-state index in [0.29, 0.717) is 51.0 Å². The Morgan fingerprint density at radius 3 is 2.23 bits per heavy atom. The molecule has 208 valence electrons. The monoisotopic (exact) mass is 533 g/mol. The number of primary amides is 1. The number of aryl methyl sites for hydroxylation is 1. The van der Waals surface area contributed by atoms with E-state index in [9.17, 15) is 14.4 Å². The number of carbonyl (C=O) groups is 3. The summed E-state index contributed by atoms with van der Waals surface area (Å²) >= 11 is 0. The lowest BCUT2D eigenvalue weighted by Crippen LogP contribution is -2.58. The van der Waals surface area contributed by atoms with E-state index >= 15 is 0 Å². The van der Waals surface area contributed by atoms with Crippen LogP contribution in [0, 0.1) is 0 Å². The number of pyridine rings is 1.